The molecule has 2 N–H and O–H groups in total. The van der Waals surface area contributed by atoms with Gasteiger partial charge in [0.25, 0.3) is 11.8 Å². The summed E-state index contributed by atoms with van der Waals surface area (Å²) in [5, 5.41) is 5.64. The van der Waals surface area contributed by atoms with E-state index in [0.29, 0.717) is 18.6 Å². The maximum absolute atomic E-state index is 13.4. The lowest BCUT2D eigenvalue weighted by atomic mass is 9.73. The molecule has 1 aromatic heterocycles. The minimum atomic E-state index is -4.70. The average Bonchev–Trinajstić information content (AvgIpc) is 3.10. The van der Waals surface area contributed by atoms with Crippen molar-refractivity contribution in [2.24, 2.45) is 16.3 Å². The molecule has 196 valence electrons. The number of hydrogen-bond acceptors (Lipinski definition) is 7. The van der Waals surface area contributed by atoms with Crippen molar-refractivity contribution in [3.8, 4) is 5.88 Å². The molecule has 2 aliphatic heterocycles. The summed E-state index contributed by atoms with van der Waals surface area (Å²) < 4.78 is 49.1. The summed E-state index contributed by atoms with van der Waals surface area (Å²) in [4.78, 5) is 42.9. The zero-order chi connectivity index (χ0) is 26.8. The fourth-order valence-corrected chi connectivity index (χ4v) is 4.53. The predicted molar refractivity (Wildman–Crippen MR) is 123 cm³/mol. The molecule has 2 aliphatic rings. The van der Waals surface area contributed by atoms with Crippen molar-refractivity contribution in [3.63, 3.8) is 0 Å². The van der Waals surface area contributed by atoms with E-state index >= 15 is 0 Å². The Morgan fingerprint density at radius 1 is 1.16 bits per heavy atom. The second kappa shape index (κ2) is 10.1. The third-order valence-electron chi connectivity index (χ3n) is 6.20. The number of carbonyl (C=O) groups excluding carboxylic acids is 3. The molecule has 2 atom stereocenters. The highest BCUT2D eigenvalue weighted by molar-refractivity contribution is 6.13. The number of hydrazone groups is 1. The van der Waals surface area contributed by atoms with E-state index in [1.807, 2.05) is 30.3 Å². The first-order chi connectivity index (χ1) is 17.5. The van der Waals surface area contributed by atoms with Crippen LogP contribution in [0.25, 0.3) is 0 Å². The second-order valence-electron chi connectivity index (χ2n) is 8.73. The number of hydrogen-bond donors (Lipinski definition) is 1. The normalized spacial score (nSPS) is 20.2. The second-order valence-corrected chi connectivity index (χ2v) is 8.73. The summed E-state index contributed by atoms with van der Waals surface area (Å²) in [6, 6.07) is 12.3. The van der Waals surface area contributed by atoms with Gasteiger partial charge in [-0.2, -0.15) is 18.3 Å². The van der Waals surface area contributed by atoms with Gasteiger partial charge >= 0.3 is 12.3 Å². The van der Waals surface area contributed by atoms with Gasteiger partial charge in [0.2, 0.25) is 12.0 Å². The molecule has 1 fully saturated rings. The minimum Gasteiger partial charge on any atom is -0.473 e. The Labute approximate surface area is 209 Å². The van der Waals surface area contributed by atoms with Crippen LogP contribution in [0.3, 0.4) is 0 Å². The molecule has 2 aromatic rings. The number of aromatic nitrogens is 1. The van der Waals surface area contributed by atoms with Crippen LogP contribution in [-0.2, 0) is 26.9 Å². The van der Waals surface area contributed by atoms with E-state index in [4.69, 9.17) is 15.2 Å². The van der Waals surface area contributed by atoms with Gasteiger partial charge in [-0.25, -0.2) is 14.8 Å². The summed E-state index contributed by atoms with van der Waals surface area (Å²) in [6.07, 6.45) is -6.94. The van der Waals surface area contributed by atoms with E-state index in [1.54, 1.807) is 7.05 Å². The number of fused-ring (bicyclic) bond motifs is 1. The fourth-order valence-electron chi connectivity index (χ4n) is 4.53. The molecule has 0 spiro atoms. The van der Waals surface area contributed by atoms with Gasteiger partial charge < -0.3 is 20.1 Å². The van der Waals surface area contributed by atoms with E-state index in [-0.39, 0.29) is 19.0 Å². The number of amides is 3. The number of halogens is 3. The maximum Gasteiger partial charge on any atom is 0.433 e. The third kappa shape index (κ3) is 5.49. The van der Waals surface area contributed by atoms with Gasteiger partial charge in [0.1, 0.15) is 17.7 Å². The van der Waals surface area contributed by atoms with Gasteiger partial charge in [-0.3, -0.25) is 9.59 Å². The number of piperidine rings is 1. The van der Waals surface area contributed by atoms with Crippen LogP contribution in [0.2, 0.25) is 0 Å². The van der Waals surface area contributed by atoms with Crippen LogP contribution in [0.15, 0.2) is 53.6 Å². The van der Waals surface area contributed by atoms with E-state index in [0.717, 1.165) is 17.7 Å². The minimum absolute atomic E-state index is 0.0385. The molecule has 13 heteroatoms. The molecule has 0 bridgehead atoms. The van der Waals surface area contributed by atoms with Crippen LogP contribution in [0.5, 0.6) is 5.88 Å². The van der Waals surface area contributed by atoms with Crippen molar-refractivity contribution in [3.05, 3.63) is 59.8 Å². The highest BCUT2D eigenvalue weighted by Gasteiger charge is 2.54. The van der Waals surface area contributed by atoms with E-state index in [1.165, 1.54) is 16.0 Å². The largest absolute Gasteiger partial charge is 0.473 e. The molecule has 1 saturated heterocycles. The lowest BCUT2D eigenvalue weighted by molar-refractivity contribution is -0.146. The smallest absolute Gasteiger partial charge is 0.433 e. The number of primary amides is 1. The summed E-state index contributed by atoms with van der Waals surface area (Å²) in [5.74, 6) is -1.40. The molecule has 3 heterocycles. The third-order valence-corrected chi connectivity index (χ3v) is 6.20. The van der Waals surface area contributed by atoms with Gasteiger partial charge in [0, 0.05) is 32.6 Å². The Hall–Kier alpha value is -4.16. The van der Waals surface area contributed by atoms with Gasteiger partial charge in [-0.05, 0) is 18.1 Å². The number of rotatable bonds is 7. The zero-order valence-corrected chi connectivity index (χ0v) is 19.8. The molecule has 0 radical (unpaired) electrons. The van der Waals surface area contributed by atoms with Crippen molar-refractivity contribution in [2.75, 3.05) is 26.7 Å². The molecular weight excluding hydrogens is 495 g/mol. The van der Waals surface area contributed by atoms with Crippen molar-refractivity contribution in [1.82, 2.24) is 14.9 Å². The summed E-state index contributed by atoms with van der Waals surface area (Å²) >= 11 is 0. The van der Waals surface area contributed by atoms with Crippen LogP contribution in [0.4, 0.5) is 18.0 Å². The molecule has 3 amide bonds. The zero-order valence-electron chi connectivity index (χ0n) is 19.8. The van der Waals surface area contributed by atoms with Gasteiger partial charge in [0.15, 0.2) is 0 Å². The number of benzene rings is 1. The molecule has 0 aliphatic carbocycles. The van der Waals surface area contributed by atoms with Gasteiger partial charge in [-0.1, -0.05) is 36.4 Å². The SMILES string of the molecule is CN1N=C2CCN(C(=O)C(COc3cccc(C(F)(F)F)n3)OC(N)=O)C[C@@]2(Cc2ccccc2)C1=O. The first-order valence-corrected chi connectivity index (χ1v) is 11.3. The Balaban J connectivity index is 1.54. The van der Waals surface area contributed by atoms with Crippen LogP contribution in [0.1, 0.15) is 17.7 Å². The van der Waals surface area contributed by atoms with Crippen LogP contribution in [0, 0.1) is 5.41 Å². The van der Waals surface area contributed by atoms with Crippen LogP contribution < -0.4 is 10.5 Å². The van der Waals surface area contributed by atoms with Crippen molar-refractivity contribution in [2.45, 2.75) is 25.1 Å². The molecular formula is C24H24F3N5O5. The summed E-state index contributed by atoms with van der Waals surface area (Å²) in [5.41, 5.74) is 4.36. The first kappa shape index (κ1) is 25.9. The van der Waals surface area contributed by atoms with Crippen LogP contribution in [-0.4, -0.2) is 71.4 Å². The standard InChI is InChI=1S/C24H24F3N5O5/c1-31-21(34)23(12-15-6-3-2-4-7-15)14-32(11-10-17(23)30-31)20(33)16(37-22(28)35)13-36-19-9-5-8-18(29-19)24(25,26)27/h2-9,16H,10-14H2,1H3,(H2,28,35)/t16?,23-/m1/s1. The number of nitrogens with two attached hydrogens (primary N) is 1. The number of likely N-dealkylation sites (tertiary alicyclic amines) is 1. The lowest BCUT2D eigenvalue weighted by Crippen LogP contribution is -2.58. The van der Waals surface area contributed by atoms with E-state index < -0.39 is 47.9 Å². The van der Waals surface area contributed by atoms with Gasteiger partial charge in [0.05, 0.1) is 5.71 Å². The molecule has 4 rings (SSSR count). The molecule has 37 heavy (non-hydrogen) atoms. The summed E-state index contributed by atoms with van der Waals surface area (Å²) in [6.45, 7) is -0.494. The Morgan fingerprint density at radius 2 is 1.89 bits per heavy atom. The number of alkyl halides is 3. The Morgan fingerprint density at radius 3 is 2.57 bits per heavy atom. The Bertz CT molecular complexity index is 1220. The topological polar surface area (TPSA) is 127 Å². The summed E-state index contributed by atoms with van der Waals surface area (Å²) in [7, 11) is 1.54. The van der Waals surface area contributed by atoms with Crippen molar-refractivity contribution >= 4 is 23.6 Å². The highest BCUT2D eigenvalue weighted by atomic mass is 19.4. The number of nitrogens with zero attached hydrogens (tertiary/aromatic N) is 4. The van der Waals surface area contributed by atoms with Crippen LogP contribution >= 0.6 is 0 Å². The Kier molecular flexibility index (Phi) is 7.05. The first-order valence-electron chi connectivity index (χ1n) is 11.3. The van der Waals surface area contributed by atoms with Crippen molar-refractivity contribution in [1.29, 1.82) is 0 Å². The number of carbonyl (C=O) groups is 3. The predicted octanol–water partition coefficient (Wildman–Crippen LogP) is 2.23. The molecule has 1 unspecified atom stereocenters. The quantitative estimate of drug-likeness (QED) is 0.598. The fraction of sp³-hybridized carbons (Fsp3) is 0.375. The lowest BCUT2D eigenvalue weighted by Gasteiger charge is -2.40. The molecule has 0 saturated carbocycles. The van der Waals surface area contributed by atoms with E-state index in [9.17, 15) is 27.6 Å². The van der Waals surface area contributed by atoms with E-state index in [2.05, 4.69) is 10.1 Å². The monoisotopic (exact) mass is 519 g/mol. The van der Waals surface area contributed by atoms with Crippen molar-refractivity contribution < 1.29 is 37.0 Å². The molecule has 10 nitrogen and oxygen atoms in total. The highest BCUT2D eigenvalue weighted by Crippen LogP contribution is 2.38. The maximum atomic E-state index is 13.4. The number of pyridine rings is 1. The average molecular weight is 519 g/mol. The number of ether oxygens (including phenoxy) is 2. The molecule has 1 aromatic carbocycles. The van der Waals surface area contributed by atoms with Gasteiger partial charge in [-0.15, -0.1) is 0 Å².